The largest absolute Gasteiger partial charge is 0.345 e. The fourth-order valence-corrected chi connectivity index (χ4v) is 5.34. The summed E-state index contributed by atoms with van der Waals surface area (Å²) in [7, 11) is 0. The summed E-state index contributed by atoms with van der Waals surface area (Å²) < 4.78 is 1.97. The van der Waals surface area contributed by atoms with Crippen molar-refractivity contribution >= 4 is 27.5 Å². The second kappa shape index (κ2) is 7.16. The second-order valence-electron chi connectivity index (χ2n) is 7.73. The molecular formula is C24H23N3OS. The number of aromatic nitrogens is 2. The van der Waals surface area contributed by atoms with Crippen molar-refractivity contribution in [3.8, 4) is 5.69 Å². The van der Waals surface area contributed by atoms with E-state index in [-0.39, 0.29) is 11.9 Å². The van der Waals surface area contributed by atoms with Crippen molar-refractivity contribution in [2.75, 3.05) is 0 Å². The number of para-hydroxylation sites is 1. The number of nitrogens with one attached hydrogen (secondary N) is 1. The van der Waals surface area contributed by atoms with Gasteiger partial charge in [0.1, 0.15) is 4.83 Å². The van der Waals surface area contributed by atoms with Crippen LogP contribution in [0, 0.1) is 13.8 Å². The summed E-state index contributed by atoms with van der Waals surface area (Å²) in [5, 5.41) is 9.04. The number of amides is 1. The molecule has 2 aromatic heterocycles. The van der Waals surface area contributed by atoms with Gasteiger partial charge in [0.05, 0.1) is 22.3 Å². The Morgan fingerprint density at radius 2 is 1.93 bits per heavy atom. The molecule has 146 valence electrons. The van der Waals surface area contributed by atoms with Crippen molar-refractivity contribution in [2.24, 2.45) is 0 Å². The lowest BCUT2D eigenvalue weighted by Gasteiger charge is -2.26. The van der Waals surface area contributed by atoms with Crippen LogP contribution in [0.25, 0.3) is 15.9 Å². The van der Waals surface area contributed by atoms with Crippen LogP contribution in [-0.4, -0.2) is 15.7 Å². The first-order valence-corrected chi connectivity index (χ1v) is 10.9. The van der Waals surface area contributed by atoms with Crippen LogP contribution in [-0.2, 0) is 6.42 Å². The molecule has 0 saturated heterocycles. The minimum atomic E-state index is 0.00337. The van der Waals surface area contributed by atoms with Crippen LogP contribution in [0.15, 0.2) is 54.6 Å². The molecule has 2 heterocycles. The average Bonchev–Trinajstić information content (AvgIpc) is 3.30. The minimum absolute atomic E-state index is 0.00337. The van der Waals surface area contributed by atoms with Gasteiger partial charge in [-0.15, -0.1) is 11.3 Å². The molecule has 0 spiro atoms. The number of benzene rings is 2. The Bertz CT molecular complexity index is 1220. The maximum atomic E-state index is 13.1. The highest BCUT2D eigenvalue weighted by molar-refractivity contribution is 7.20. The van der Waals surface area contributed by atoms with Crippen molar-refractivity contribution in [3.05, 3.63) is 81.9 Å². The van der Waals surface area contributed by atoms with Crippen LogP contribution in [0.4, 0.5) is 0 Å². The van der Waals surface area contributed by atoms with E-state index in [1.54, 1.807) is 0 Å². The third-order valence-electron chi connectivity index (χ3n) is 5.79. The zero-order valence-electron chi connectivity index (χ0n) is 16.6. The molecule has 4 nitrogen and oxygen atoms in total. The van der Waals surface area contributed by atoms with Gasteiger partial charge in [0, 0.05) is 5.39 Å². The molecule has 0 aliphatic heterocycles. The van der Waals surface area contributed by atoms with Gasteiger partial charge in [0.15, 0.2) is 0 Å². The number of rotatable bonds is 3. The molecule has 0 fully saturated rings. The smallest absolute Gasteiger partial charge is 0.261 e. The Labute approximate surface area is 174 Å². The molecule has 0 radical (unpaired) electrons. The van der Waals surface area contributed by atoms with Crippen LogP contribution in [0.3, 0.4) is 0 Å². The van der Waals surface area contributed by atoms with E-state index in [0.29, 0.717) is 0 Å². The normalized spacial score (nSPS) is 16.0. The molecule has 2 aromatic carbocycles. The van der Waals surface area contributed by atoms with Crippen molar-refractivity contribution in [3.63, 3.8) is 0 Å². The first kappa shape index (κ1) is 18.1. The van der Waals surface area contributed by atoms with Gasteiger partial charge >= 0.3 is 0 Å². The van der Waals surface area contributed by atoms with Crippen LogP contribution >= 0.6 is 11.3 Å². The topological polar surface area (TPSA) is 46.9 Å². The fraction of sp³-hybridized carbons (Fsp3) is 0.250. The highest BCUT2D eigenvalue weighted by atomic mass is 32.1. The number of carbonyl (C=O) groups is 1. The summed E-state index contributed by atoms with van der Waals surface area (Å²) in [6.07, 6.45) is 3.19. The predicted octanol–water partition coefficient (Wildman–Crippen LogP) is 5.51. The SMILES string of the molecule is Cc1ccccc1-n1nc(C)c2cc(C(=O)NC3CCCc4ccccc43)sc21. The average molecular weight is 402 g/mol. The Hall–Kier alpha value is -2.92. The molecule has 0 bridgehead atoms. The standard InChI is InChI=1S/C24H23N3OS/c1-15-8-3-6-13-21(15)27-24-19(16(2)26-27)14-22(29-24)23(28)25-20-12-7-10-17-9-4-5-11-18(17)20/h3-6,8-9,11,13-14,20H,7,10,12H2,1-2H3,(H,25,28). The van der Waals surface area contributed by atoms with Gasteiger partial charge in [-0.25, -0.2) is 4.68 Å². The first-order chi connectivity index (χ1) is 14.1. The van der Waals surface area contributed by atoms with Crippen LogP contribution in [0.2, 0.25) is 0 Å². The van der Waals surface area contributed by atoms with Gasteiger partial charge in [-0.05, 0) is 61.9 Å². The van der Waals surface area contributed by atoms with E-state index in [0.717, 1.165) is 51.3 Å². The summed E-state index contributed by atoms with van der Waals surface area (Å²) in [6, 6.07) is 18.7. The van der Waals surface area contributed by atoms with Crippen molar-refractivity contribution in [1.82, 2.24) is 15.1 Å². The molecule has 1 N–H and O–H groups in total. The number of hydrogen-bond donors (Lipinski definition) is 1. The van der Waals surface area contributed by atoms with Crippen LogP contribution < -0.4 is 5.32 Å². The molecule has 29 heavy (non-hydrogen) atoms. The molecule has 5 rings (SSSR count). The van der Waals surface area contributed by atoms with Crippen molar-refractivity contribution in [1.29, 1.82) is 0 Å². The van der Waals surface area contributed by atoms with E-state index in [1.165, 1.54) is 22.5 Å². The first-order valence-electron chi connectivity index (χ1n) is 10.1. The lowest BCUT2D eigenvalue weighted by atomic mass is 9.88. The van der Waals surface area contributed by atoms with Gasteiger partial charge < -0.3 is 5.32 Å². The number of nitrogens with zero attached hydrogens (tertiary/aromatic N) is 2. The number of carbonyl (C=O) groups excluding carboxylic acids is 1. The number of aryl methyl sites for hydroxylation is 3. The predicted molar refractivity (Wildman–Crippen MR) is 118 cm³/mol. The lowest BCUT2D eigenvalue weighted by Crippen LogP contribution is -2.30. The van der Waals surface area contributed by atoms with Crippen molar-refractivity contribution in [2.45, 2.75) is 39.2 Å². The molecule has 1 amide bonds. The van der Waals surface area contributed by atoms with Gasteiger partial charge in [-0.1, -0.05) is 42.5 Å². The van der Waals surface area contributed by atoms with E-state index in [2.05, 4.69) is 48.6 Å². The maximum Gasteiger partial charge on any atom is 0.261 e. The minimum Gasteiger partial charge on any atom is -0.345 e. The fourth-order valence-electron chi connectivity index (χ4n) is 4.26. The van der Waals surface area contributed by atoms with E-state index in [9.17, 15) is 4.79 Å². The Morgan fingerprint density at radius 3 is 2.79 bits per heavy atom. The monoisotopic (exact) mass is 401 g/mol. The molecule has 1 aliphatic carbocycles. The summed E-state index contributed by atoms with van der Waals surface area (Å²) in [6.45, 7) is 4.09. The lowest BCUT2D eigenvalue weighted by molar-refractivity contribution is 0.0937. The third-order valence-corrected chi connectivity index (χ3v) is 6.90. The zero-order chi connectivity index (χ0) is 20.0. The number of thiophene rings is 1. The molecule has 0 saturated carbocycles. The molecule has 1 aliphatic rings. The Kier molecular flexibility index (Phi) is 4.47. The summed E-state index contributed by atoms with van der Waals surface area (Å²) in [4.78, 5) is 14.8. The van der Waals surface area contributed by atoms with E-state index in [4.69, 9.17) is 5.10 Å². The Balaban J connectivity index is 1.48. The molecule has 5 heteroatoms. The summed E-state index contributed by atoms with van der Waals surface area (Å²) >= 11 is 1.51. The number of hydrogen-bond acceptors (Lipinski definition) is 3. The van der Waals surface area contributed by atoms with Crippen molar-refractivity contribution < 1.29 is 4.79 Å². The summed E-state index contributed by atoms with van der Waals surface area (Å²) in [5.74, 6) is 0.00337. The summed E-state index contributed by atoms with van der Waals surface area (Å²) in [5.41, 5.74) is 5.78. The third kappa shape index (κ3) is 3.15. The second-order valence-corrected chi connectivity index (χ2v) is 8.76. The van der Waals surface area contributed by atoms with Gasteiger partial charge in [-0.2, -0.15) is 5.10 Å². The molecular weight excluding hydrogens is 378 g/mol. The Morgan fingerprint density at radius 1 is 1.14 bits per heavy atom. The van der Waals surface area contributed by atoms with E-state index >= 15 is 0 Å². The highest BCUT2D eigenvalue weighted by Gasteiger charge is 2.24. The van der Waals surface area contributed by atoms with Gasteiger partial charge in [0.2, 0.25) is 0 Å². The molecule has 4 aromatic rings. The maximum absolute atomic E-state index is 13.1. The molecule has 1 atom stereocenters. The van der Waals surface area contributed by atoms with Gasteiger partial charge in [0.25, 0.3) is 5.91 Å². The van der Waals surface area contributed by atoms with Gasteiger partial charge in [-0.3, -0.25) is 4.79 Å². The van der Waals surface area contributed by atoms with E-state index < -0.39 is 0 Å². The van der Waals surface area contributed by atoms with Crippen LogP contribution in [0.1, 0.15) is 50.9 Å². The zero-order valence-corrected chi connectivity index (χ0v) is 17.4. The van der Waals surface area contributed by atoms with Crippen LogP contribution in [0.5, 0.6) is 0 Å². The van der Waals surface area contributed by atoms with E-state index in [1.807, 2.05) is 29.8 Å². The number of fused-ring (bicyclic) bond motifs is 2. The quantitative estimate of drug-likeness (QED) is 0.492. The molecule has 1 unspecified atom stereocenters. The highest BCUT2D eigenvalue weighted by Crippen LogP contribution is 2.33.